The fraction of sp³-hybridized carbons (Fsp3) is 0.538. The van der Waals surface area contributed by atoms with Crippen LogP contribution in [-0.2, 0) is 5.41 Å². The molecule has 2 atom stereocenters. The minimum absolute atomic E-state index is 0.366. The van der Waals surface area contributed by atoms with Crippen molar-refractivity contribution in [2.24, 2.45) is 11.8 Å². The summed E-state index contributed by atoms with van der Waals surface area (Å²) in [6.07, 6.45) is 1.20. The first-order valence-corrected chi connectivity index (χ1v) is 5.49. The van der Waals surface area contributed by atoms with Gasteiger partial charge in [-0.25, -0.2) is 0 Å². The van der Waals surface area contributed by atoms with Crippen molar-refractivity contribution in [3.05, 3.63) is 29.8 Å². The quantitative estimate of drug-likeness (QED) is 0.710. The van der Waals surface area contributed by atoms with Crippen LogP contribution in [0, 0.1) is 11.8 Å². The van der Waals surface area contributed by atoms with Crippen molar-refractivity contribution in [2.75, 3.05) is 5.73 Å². The second-order valence-corrected chi connectivity index (χ2v) is 4.56. The summed E-state index contributed by atoms with van der Waals surface area (Å²) in [6.45, 7) is 6.94. The Morgan fingerprint density at radius 1 is 1.21 bits per heavy atom. The number of nitrogen functional groups attached to an aromatic ring is 1. The Balaban J connectivity index is 2.45. The number of hydrogen-bond donors (Lipinski definition) is 1. The standard InChI is InChI=1S/C13H19N/c1-4-13(9(2)10(13)3)11-7-5-6-8-12(11)14/h5-10H,4,14H2,1-3H3. The van der Waals surface area contributed by atoms with Gasteiger partial charge in [0.25, 0.3) is 0 Å². The van der Waals surface area contributed by atoms with Gasteiger partial charge >= 0.3 is 0 Å². The Morgan fingerprint density at radius 2 is 1.79 bits per heavy atom. The van der Waals surface area contributed by atoms with Gasteiger partial charge in [0.15, 0.2) is 0 Å². The Bertz CT molecular complexity index is 335. The molecule has 1 aliphatic carbocycles. The molecule has 1 aliphatic rings. The van der Waals surface area contributed by atoms with E-state index in [0.29, 0.717) is 5.41 Å². The zero-order valence-electron chi connectivity index (χ0n) is 9.25. The second-order valence-electron chi connectivity index (χ2n) is 4.56. The Hall–Kier alpha value is -0.980. The van der Waals surface area contributed by atoms with Crippen molar-refractivity contribution >= 4 is 5.69 Å². The summed E-state index contributed by atoms with van der Waals surface area (Å²) in [5.74, 6) is 1.55. The van der Waals surface area contributed by atoms with Crippen LogP contribution in [0.1, 0.15) is 32.8 Å². The van der Waals surface area contributed by atoms with Gasteiger partial charge in [-0.1, -0.05) is 39.0 Å². The van der Waals surface area contributed by atoms with E-state index in [-0.39, 0.29) is 0 Å². The lowest BCUT2D eigenvalue weighted by Crippen LogP contribution is -2.12. The molecule has 1 nitrogen and oxygen atoms in total. The van der Waals surface area contributed by atoms with Crippen LogP contribution in [0.3, 0.4) is 0 Å². The van der Waals surface area contributed by atoms with Gasteiger partial charge < -0.3 is 5.73 Å². The van der Waals surface area contributed by atoms with Crippen molar-refractivity contribution in [3.8, 4) is 0 Å². The molecule has 0 aromatic heterocycles. The molecule has 0 saturated heterocycles. The minimum Gasteiger partial charge on any atom is -0.398 e. The zero-order valence-corrected chi connectivity index (χ0v) is 9.25. The summed E-state index contributed by atoms with van der Waals surface area (Å²) >= 11 is 0. The van der Waals surface area contributed by atoms with Crippen LogP contribution < -0.4 is 5.73 Å². The van der Waals surface area contributed by atoms with E-state index >= 15 is 0 Å². The van der Waals surface area contributed by atoms with E-state index in [1.54, 1.807) is 0 Å². The van der Waals surface area contributed by atoms with Crippen molar-refractivity contribution in [1.29, 1.82) is 0 Å². The Labute approximate surface area is 86.3 Å². The minimum atomic E-state index is 0.366. The summed E-state index contributed by atoms with van der Waals surface area (Å²) in [4.78, 5) is 0. The van der Waals surface area contributed by atoms with Crippen LogP contribution in [0.2, 0.25) is 0 Å². The highest BCUT2D eigenvalue weighted by molar-refractivity contribution is 5.54. The average molecular weight is 189 g/mol. The molecule has 0 radical (unpaired) electrons. The molecular weight excluding hydrogens is 170 g/mol. The first kappa shape index (κ1) is 9.57. The Morgan fingerprint density at radius 3 is 2.21 bits per heavy atom. The highest BCUT2D eigenvalue weighted by Gasteiger charge is 2.58. The van der Waals surface area contributed by atoms with Gasteiger partial charge in [0.05, 0.1) is 0 Å². The largest absolute Gasteiger partial charge is 0.398 e. The summed E-state index contributed by atoms with van der Waals surface area (Å²) < 4.78 is 0. The van der Waals surface area contributed by atoms with Gasteiger partial charge in [-0.2, -0.15) is 0 Å². The van der Waals surface area contributed by atoms with Gasteiger partial charge in [0, 0.05) is 11.1 Å². The van der Waals surface area contributed by atoms with Gasteiger partial charge in [-0.3, -0.25) is 0 Å². The lowest BCUT2D eigenvalue weighted by atomic mass is 9.88. The molecule has 76 valence electrons. The summed E-state index contributed by atoms with van der Waals surface area (Å²) in [5.41, 5.74) is 8.74. The van der Waals surface area contributed by atoms with Gasteiger partial charge in [-0.15, -0.1) is 0 Å². The average Bonchev–Trinajstić information content (AvgIpc) is 2.72. The fourth-order valence-corrected chi connectivity index (χ4v) is 3.11. The highest BCUT2D eigenvalue weighted by atomic mass is 14.7. The van der Waals surface area contributed by atoms with Crippen LogP contribution in [0.15, 0.2) is 24.3 Å². The summed E-state index contributed by atoms with van der Waals surface area (Å²) in [6, 6.07) is 8.32. The first-order chi connectivity index (χ1) is 6.64. The van der Waals surface area contributed by atoms with E-state index in [1.165, 1.54) is 12.0 Å². The van der Waals surface area contributed by atoms with Crippen molar-refractivity contribution in [3.63, 3.8) is 0 Å². The molecule has 1 aromatic carbocycles. The number of rotatable bonds is 2. The SMILES string of the molecule is CCC1(c2ccccc2N)C(C)C1C. The molecule has 0 amide bonds. The van der Waals surface area contributed by atoms with Crippen LogP contribution in [-0.4, -0.2) is 0 Å². The molecule has 14 heavy (non-hydrogen) atoms. The van der Waals surface area contributed by atoms with Gasteiger partial charge in [0.2, 0.25) is 0 Å². The topological polar surface area (TPSA) is 26.0 Å². The normalized spacial score (nSPS) is 35.6. The predicted molar refractivity (Wildman–Crippen MR) is 61.2 cm³/mol. The second kappa shape index (κ2) is 3.01. The maximum atomic E-state index is 6.05. The van der Waals surface area contributed by atoms with Gasteiger partial charge in [0.1, 0.15) is 0 Å². The molecule has 2 unspecified atom stereocenters. The molecule has 0 bridgehead atoms. The number of anilines is 1. The number of benzene rings is 1. The van der Waals surface area contributed by atoms with E-state index in [1.807, 2.05) is 12.1 Å². The molecular formula is C13H19N. The molecule has 1 saturated carbocycles. The number of hydrogen-bond acceptors (Lipinski definition) is 1. The van der Waals surface area contributed by atoms with Crippen molar-refractivity contribution in [1.82, 2.24) is 0 Å². The van der Waals surface area contributed by atoms with E-state index in [9.17, 15) is 0 Å². The smallest absolute Gasteiger partial charge is 0.0352 e. The lowest BCUT2D eigenvalue weighted by Gasteiger charge is -2.18. The van der Waals surface area contributed by atoms with Crippen LogP contribution in [0.5, 0.6) is 0 Å². The number of para-hydroxylation sites is 1. The molecule has 1 fully saturated rings. The molecule has 0 spiro atoms. The van der Waals surface area contributed by atoms with Crippen LogP contribution >= 0.6 is 0 Å². The van der Waals surface area contributed by atoms with E-state index in [4.69, 9.17) is 5.73 Å². The highest BCUT2D eigenvalue weighted by Crippen LogP contribution is 2.62. The third kappa shape index (κ3) is 1.01. The lowest BCUT2D eigenvalue weighted by molar-refractivity contribution is 0.586. The van der Waals surface area contributed by atoms with Crippen LogP contribution in [0.4, 0.5) is 5.69 Å². The molecule has 1 aromatic rings. The Kier molecular flexibility index (Phi) is 2.06. The summed E-state index contributed by atoms with van der Waals surface area (Å²) in [5, 5.41) is 0. The third-order valence-corrected chi connectivity index (χ3v) is 4.31. The third-order valence-electron chi connectivity index (χ3n) is 4.31. The van der Waals surface area contributed by atoms with E-state index in [0.717, 1.165) is 17.5 Å². The molecule has 0 aliphatic heterocycles. The van der Waals surface area contributed by atoms with E-state index in [2.05, 4.69) is 32.9 Å². The first-order valence-electron chi connectivity index (χ1n) is 5.49. The maximum absolute atomic E-state index is 6.05. The van der Waals surface area contributed by atoms with E-state index < -0.39 is 0 Å². The monoisotopic (exact) mass is 189 g/mol. The van der Waals surface area contributed by atoms with Gasteiger partial charge in [-0.05, 0) is 29.9 Å². The summed E-state index contributed by atoms with van der Waals surface area (Å²) in [7, 11) is 0. The van der Waals surface area contributed by atoms with Crippen molar-refractivity contribution < 1.29 is 0 Å². The molecule has 0 heterocycles. The fourth-order valence-electron chi connectivity index (χ4n) is 3.11. The van der Waals surface area contributed by atoms with Crippen molar-refractivity contribution in [2.45, 2.75) is 32.6 Å². The number of nitrogens with two attached hydrogens (primary N) is 1. The maximum Gasteiger partial charge on any atom is 0.0352 e. The zero-order chi connectivity index (χ0) is 10.3. The van der Waals surface area contributed by atoms with Crippen LogP contribution in [0.25, 0.3) is 0 Å². The predicted octanol–water partition coefficient (Wildman–Crippen LogP) is 3.20. The molecule has 2 N–H and O–H groups in total. The molecule has 2 rings (SSSR count). The molecule has 1 heteroatoms.